The molecular formula is C21H25N3O5S. The molecular weight excluding hydrogens is 406 g/mol. The monoisotopic (exact) mass is 431 g/mol. The van der Waals surface area contributed by atoms with Crippen LogP contribution in [0.4, 0.5) is 0 Å². The first kappa shape index (κ1) is 20.7. The summed E-state index contributed by atoms with van der Waals surface area (Å²) in [5, 5.41) is 11.8. The zero-order valence-corrected chi connectivity index (χ0v) is 17.9. The summed E-state index contributed by atoms with van der Waals surface area (Å²) >= 11 is 1.56. The van der Waals surface area contributed by atoms with Crippen molar-refractivity contribution in [1.29, 1.82) is 0 Å². The number of hydrogen-bond acceptors (Lipinski definition) is 5. The number of nitrogens with zero attached hydrogens (tertiary/aromatic N) is 2. The molecule has 2 fully saturated rings. The molecule has 3 aliphatic rings. The molecule has 0 saturated carbocycles. The quantitative estimate of drug-likeness (QED) is 0.750. The van der Waals surface area contributed by atoms with Crippen LogP contribution in [0.1, 0.15) is 54.9 Å². The third-order valence-corrected chi connectivity index (χ3v) is 7.63. The standard InChI is InChI=1S/C21H25N3O5S/c1-11(17(26)23-10-6-9-14(23)20(28)29)22-16(25)15-21(2,3)30-19-13-8-5-4-7-12(13)18(27)24(15)19/h4-5,7-8,11,14-15,19H,6,9-10H2,1-3H3,(H,22,25)(H,28,29)/t11-,14-,15+,19?/m0/s1. The van der Waals surface area contributed by atoms with Gasteiger partial charge in [-0.1, -0.05) is 18.2 Å². The summed E-state index contributed by atoms with van der Waals surface area (Å²) in [6.07, 6.45) is 1.04. The molecule has 2 saturated heterocycles. The van der Waals surface area contributed by atoms with E-state index in [-0.39, 0.29) is 11.3 Å². The van der Waals surface area contributed by atoms with Gasteiger partial charge in [-0.05, 0) is 45.2 Å². The molecule has 8 nitrogen and oxygen atoms in total. The summed E-state index contributed by atoms with van der Waals surface area (Å²) < 4.78 is -0.544. The molecule has 1 aromatic rings. The molecule has 0 radical (unpaired) electrons. The number of fused-ring (bicyclic) bond motifs is 3. The van der Waals surface area contributed by atoms with E-state index in [2.05, 4.69) is 5.32 Å². The van der Waals surface area contributed by atoms with E-state index in [1.807, 2.05) is 26.0 Å². The summed E-state index contributed by atoms with van der Waals surface area (Å²) in [7, 11) is 0. The van der Waals surface area contributed by atoms with E-state index < -0.39 is 40.7 Å². The summed E-state index contributed by atoms with van der Waals surface area (Å²) in [5.41, 5.74) is 1.51. The Balaban J connectivity index is 1.52. The summed E-state index contributed by atoms with van der Waals surface area (Å²) in [6.45, 7) is 5.76. The highest BCUT2D eigenvalue weighted by molar-refractivity contribution is 8.01. The molecule has 3 heterocycles. The highest BCUT2D eigenvalue weighted by Crippen LogP contribution is 2.56. The lowest BCUT2D eigenvalue weighted by Crippen LogP contribution is -2.57. The van der Waals surface area contributed by atoms with Gasteiger partial charge in [0.2, 0.25) is 11.8 Å². The second-order valence-corrected chi connectivity index (χ2v) is 10.3. The van der Waals surface area contributed by atoms with Gasteiger partial charge in [-0.25, -0.2) is 4.79 Å². The number of amides is 3. The molecule has 0 bridgehead atoms. The van der Waals surface area contributed by atoms with Crippen molar-refractivity contribution < 1.29 is 24.3 Å². The maximum atomic E-state index is 13.2. The summed E-state index contributed by atoms with van der Waals surface area (Å²) in [4.78, 5) is 53.4. The minimum Gasteiger partial charge on any atom is -0.480 e. The number of carbonyl (C=O) groups is 4. The van der Waals surface area contributed by atoms with E-state index >= 15 is 0 Å². The van der Waals surface area contributed by atoms with E-state index in [1.165, 1.54) is 4.90 Å². The molecule has 3 aliphatic heterocycles. The topological polar surface area (TPSA) is 107 Å². The van der Waals surface area contributed by atoms with Gasteiger partial charge in [0.25, 0.3) is 5.91 Å². The number of thioether (sulfide) groups is 1. The van der Waals surface area contributed by atoms with E-state index in [0.717, 1.165) is 5.56 Å². The minimum atomic E-state index is -1.03. The van der Waals surface area contributed by atoms with Crippen molar-refractivity contribution in [2.24, 2.45) is 0 Å². The van der Waals surface area contributed by atoms with Gasteiger partial charge in [0.15, 0.2) is 0 Å². The van der Waals surface area contributed by atoms with Crippen LogP contribution in [0.5, 0.6) is 0 Å². The van der Waals surface area contributed by atoms with Crippen LogP contribution in [-0.4, -0.2) is 68.0 Å². The second-order valence-electron chi connectivity index (χ2n) is 8.53. The Morgan fingerprint density at radius 1 is 1.27 bits per heavy atom. The van der Waals surface area contributed by atoms with Crippen molar-refractivity contribution >= 4 is 35.5 Å². The highest BCUT2D eigenvalue weighted by Gasteiger charge is 2.57. The van der Waals surface area contributed by atoms with Crippen LogP contribution in [-0.2, 0) is 14.4 Å². The SMILES string of the molecule is C[C@H](NC(=O)[C@H]1N2C(=O)c3ccccc3C2SC1(C)C)C(=O)N1CCC[C@H]1C(=O)O. The number of likely N-dealkylation sites (tertiary alicyclic amines) is 1. The zero-order chi connectivity index (χ0) is 21.8. The van der Waals surface area contributed by atoms with Crippen molar-refractivity contribution in [3.63, 3.8) is 0 Å². The number of aliphatic carboxylic acids is 1. The predicted octanol–water partition coefficient (Wildman–Crippen LogP) is 1.62. The van der Waals surface area contributed by atoms with Gasteiger partial charge >= 0.3 is 5.97 Å². The fraction of sp³-hybridized carbons (Fsp3) is 0.524. The Hall–Kier alpha value is -2.55. The van der Waals surface area contributed by atoms with Crippen LogP contribution >= 0.6 is 11.8 Å². The van der Waals surface area contributed by atoms with E-state index in [0.29, 0.717) is 24.9 Å². The highest BCUT2D eigenvalue weighted by atomic mass is 32.2. The average Bonchev–Trinajstić information content (AvgIpc) is 3.34. The lowest BCUT2D eigenvalue weighted by Gasteiger charge is -2.31. The Kier molecular flexibility index (Phi) is 5.04. The van der Waals surface area contributed by atoms with Crippen molar-refractivity contribution in [1.82, 2.24) is 15.1 Å². The first-order valence-electron chi connectivity index (χ1n) is 10.1. The maximum Gasteiger partial charge on any atom is 0.326 e. The van der Waals surface area contributed by atoms with Crippen LogP contribution < -0.4 is 5.32 Å². The van der Waals surface area contributed by atoms with Crippen LogP contribution in [0.25, 0.3) is 0 Å². The third kappa shape index (κ3) is 3.15. The number of hydrogen-bond donors (Lipinski definition) is 2. The summed E-state index contributed by atoms with van der Waals surface area (Å²) in [6, 6.07) is 4.89. The van der Waals surface area contributed by atoms with E-state index in [1.54, 1.807) is 35.7 Å². The van der Waals surface area contributed by atoms with Gasteiger partial charge in [0.05, 0.1) is 0 Å². The molecule has 4 atom stereocenters. The number of carboxylic acids is 1. The van der Waals surface area contributed by atoms with Gasteiger partial charge in [-0.15, -0.1) is 11.8 Å². The van der Waals surface area contributed by atoms with Gasteiger partial charge in [0, 0.05) is 16.9 Å². The fourth-order valence-electron chi connectivity index (χ4n) is 4.69. The van der Waals surface area contributed by atoms with Crippen LogP contribution in [0, 0.1) is 0 Å². The molecule has 4 rings (SSSR count). The number of nitrogens with one attached hydrogen (secondary N) is 1. The molecule has 0 spiro atoms. The van der Waals surface area contributed by atoms with Crippen LogP contribution in [0.15, 0.2) is 24.3 Å². The normalized spacial score (nSPS) is 27.6. The van der Waals surface area contributed by atoms with E-state index in [9.17, 15) is 24.3 Å². The molecule has 1 aromatic carbocycles. The molecule has 3 amide bonds. The van der Waals surface area contributed by atoms with Crippen molar-refractivity contribution in [2.75, 3.05) is 6.54 Å². The molecule has 1 unspecified atom stereocenters. The second kappa shape index (κ2) is 7.30. The number of carboxylic acid groups (broad SMARTS) is 1. The molecule has 160 valence electrons. The molecule has 0 aliphatic carbocycles. The van der Waals surface area contributed by atoms with Crippen molar-refractivity contribution in [2.45, 2.75) is 61.9 Å². The first-order valence-corrected chi connectivity index (χ1v) is 10.9. The molecule has 2 N–H and O–H groups in total. The Bertz CT molecular complexity index is 933. The third-order valence-electron chi connectivity index (χ3n) is 6.09. The van der Waals surface area contributed by atoms with Gasteiger partial charge in [0.1, 0.15) is 23.5 Å². The number of carbonyl (C=O) groups excluding carboxylic acids is 3. The number of benzene rings is 1. The Morgan fingerprint density at radius 2 is 1.97 bits per heavy atom. The fourth-order valence-corrected chi connectivity index (χ4v) is 6.28. The van der Waals surface area contributed by atoms with Crippen molar-refractivity contribution in [3.05, 3.63) is 35.4 Å². The van der Waals surface area contributed by atoms with Crippen LogP contribution in [0.2, 0.25) is 0 Å². The maximum absolute atomic E-state index is 13.2. The zero-order valence-electron chi connectivity index (χ0n) is 17.1. The predicted molar refractivity (Wildman–Crippen MR) is 111 cm³/mol. The van der Waals surface area contributed by atoms with Gasteiger partial charge < -0.3 is 20.2 Å². The minimum absolute atomic E-state index is 0.182. The lowest BCUT2D eigenvalue weighted by atomic mass is 10.0. The molecule has 0 aromatic heterocycles. The summed E-state index contributed by atoms with van der Waals surface area (Å²) in [5.74, 6) is -2.03. The Labute approximate surface area is 179 Å². The Morgan fingerprint density at radius 3 is 2.67 bits per heavy atom. The largest absolute Gasteiger partial charge is 0.480 e. The van der Waals surface area contributed by atoms with E-state index in [4.69, 9.17) is 0 Å². The molecule has 9 heteroatoms. The number of rotatable bonds is 4. The van der Waals surface area contributed by atoms with Gasteiger partial charge in [-0.3, -0.25) is 14.4 Å². The average molecular weight is 432 g/mol. The van der Waals surface area contributed by atoms with Crippen LogP contribution in [0.3, 0.4) is 0 Å². The molecule has 30 heavy (non-hydrogen) atoms. The smallest absolute Gasteiger partial charge is 0.326 e. The first-order chi connectivity index (χ1) is 14.1. The van der Waals surface area contributed by atoms with Gasteiger partial charge in [-0.2, -0.15) is 0 Å². The van der Waals surface area contributed by atoms with Crippen molar-refractivity contribution in [3.8, 4) is 0 Å². The lowest BCUT2D eigenvalue weighted by molar-refractivity contribution is -0.149.